The Kier molecular flexibility index (Phi) is 15.3. The van der Waals surface area contributed by atoms with E-state index in [-0.39, 0.29) is 0 Å². The summed E-state index contributed by atoms with van der Waals surface area (Å²) in [5, 5.41) is 7.10. The van der Waals surface area contributed by atoms with Gasteiger partial charge in [0.1, 0.15) is 0 Å². The Balaban J connectivity index is 0. The van der Waals surface area contributed by atoms with Crippen molar-refractivity contribution in [2.24, 2.45) is 0 Å². The van der Waals surface area contributed by atoms with Crippen LogP contribution in [0.5, 0.6) is 0 Å². The first kappa shape index (κ1) is 13.5. The van der Waals surface area contributed by atoms with Crippen molar-refractivity contribution in [1.29, 1.82) is 5.26 Å². The van der Waals surface area contributed by atoms with E-state index < -0.39 is 8.60 Å². The second kappa shape index (κ2) is 12.5. The molecule has 6 heteroatoms. The van der Waals surface area contributed by atoms with Crippen LogP contribution in [0, 0.1) is 11.2 Å². The lowest BCUT2D eigenvalue weighted by molar-refractivity contribution is -0.203. The summed E-state index contributed by atoms with van der Waals surface area (Å²) >= 11 is 0. The zero-order chi connectivity index (χ0) is 9.11. The fourth-order valence-corrected chi connectivity index (χ4v) is 0.744. The van der Waals surface area contributed by atoms with E-state index in [1.54, 1.807) is 13.8 Å². The molecule has 0 heterocycles. The zero-order valence-electron chi connectivity index (χ0n) is 6.61. The van der Waals surface area contributed by atoms with Gasteiger partial charge in [-0.2, -0.15) is 0 Å². The summed E-state index contributed by atoms with van der Waals surface area (Å²) in [6.07, 6.45) is 0. The molecule has 0 aliphatic carbocycles. The summed E-state index contributed by atoms with van der Waals surface area (Å²) in [5.74, 6) is 1.25. The standard InChI is InChI=1S/C4H10O3P.CBN/c1-3-6-8(5)7-4-2;2-1-3/h3-4H2,1-2H3;/q-1;. The molecular formula is C5H10BNO3P-. The van der Waals surface area contributed by atoms with Gasteiger partial charge in [0.15, 0.2) is 0 Å². The molecular weight excluding hydrogens is 164 g/mol. The maximum Gasteiger partial charge on any atom is 0.229 e. The molecule has 0 N–H and O–H groups in total. The minimum atomic E-state index is -1.83. The zero-order valence-corrected chi connectivity index (χ0v) is 7.51. The molecule has 0 aromatic rings. The van der Waals surface area contributed by atoms with E-state index in [1.165, 1.54) is 5.97 Å². The minimum Gasteiger partial charge on any atom is -0.786 e. The van der Waals surface area contributed by atoms with Gasteiger partial charge in [-0.15, -0.1) is 0 Å². The van der Waals surface area contributed by atoms with Crippen molar-refractivity contribution < 1.29 is 13.9 Å². The average molecular weight is 174 g/mol. The molecule has 0 saturated carbocycles. The van der Waals surface area contributed by atoms with Crippen molar-refractivity contribution in [3.05, 3.63) is 0 Å². The molecule has 0 atom stereocenters. The molecule has 0 aliphatic heterocycles. The molecule has 4 nitrogen and oxygen atoms in total. The molecule has 62 valence electrons. The molecule has 2 radical (unpaired) electrons. The number of rotatable bonds is 4. The maximum absolute atomic E-state index is 10.3. The summed E-state index contributed by atoms with van der Waals surface area (Å²) in [7, 11) is 2.32. The summed E-state index contributed by atoms with van der Waals surface area (Å²) in [5.41, 5.74) is 0. The quantitative estimate of drug-likeness (QED) is 0.453. The van der Waals surface area contributed by atoms with E-state index in [4.69, 9.17) is 5.26 Å². The van der Waals surface area contributed by atoms with Crippen molar-refractivity contribution in [2.75, 3.05) is 13.2 Å². The van der Waals surface area contributed by atoms with Gasteiger partial charge >= 0.3 is 0 Å². The van der Waals surface area contributed by atoms with Crippen LogP contribution in [0.4, 0.5) is 0 Å². The number of hydrogen-bond acceptors (Lipinski definition) is 4. The Morgan fingerprint density at radius 1 is 1.45 bits per heavy atom. The van der Waals surface area contributed by atoms with Crippen molar-refractivity contribution >= 4 is 16.4 Å². The lowest BCUT2D eigenvalue weighted by atomic mass is 10.2. The van der Waals surface area contributed by atoms with Crippen LogP contribution < -0.4 is 4.89 Å². The van der Waals surface area contributed by atoms with Crippen molar-refractivity contribution in [1.82, 2.24) is 0 Å². The Bertz CT molecular complexity index is 102. The molecule has 0 amide bonds. The Hall–Kier alpha value is -0.135. The van der Waals surface area contributed by atoms with E-state index in [2.05, 4.69) is 16.9 Å². The van der Waals surface area contributed by atoms with Gasteiger partial charge in [-0.1, -0.05) is 0 Å². The van der Waals surface area contributed by atoms with Crippen LogP contribution in [-0.2, 0) is 9.05 Å². The average Bonchev–Trinajstić information content (AvgIpc) is 1.90. The van der Waals surface area contributed by atoms with Gasteiger partial charge in [0, 0.05) is 13.2 Å². The molecule has 0 spiro atoms. The first-order valence-corrected chi connectivity index (χ1v) is 4.15. The topological polar surface area (TPSA) is 65.3 Å². The van der Waals surface area contributed by atoms with Crippen molar-refractivity contribution in [2.45, 2.75) is 13.8 Å². The van der Waals surface area contributed by atoms with Crippen LogP contribution >= 0.6 is 8.60 Å². The maximum atomic E-state index is 10.3. The lowest BCUT2D eigenvalue weighted by Crippen LogP contribution is -2.01. The van der Waals surface area contributed by atoms with Gasteiger partial charge in [0.05, 0.1) is 8.60 Å². The Morgan fingerprint density at radius 3 is 1.91 bits per heavy atom. The van der Waals surface area contributed by atoms with Gasteiger partial charge in [0.2, 0.25) is 7.85 Å². The van der Waals surface area contributed by atoms with Gasteiger partial charge in [-0.3, -0.25) is 0 Å². The van der Waals surface area contributed by atoms with Crippen LogP contribution in [0.25, 0.3) is 0 Å². The minimum absolute atomic E-state index is 0.440. The van der Waals surface area contributed by atoms with Crippen LogP contribution in [0.15, 0.2) is 0 Å². The SMILES string of the molecule is CCOP([O-])OCC.[B]C#N. The molecule has 0 bridgehead atoms. The lowest BCUT2D eigenvalue weighted by Gasteiger charge is -2.19. The summed E-state index contributed by atoms with van der Waals surface area (Å²) in [4.78, 5) is 10.3. The van der Waals surface area contributed by atoms with E-state index in [1.807, 2.05) is 0 Å². The predicted octanol–water partition coefficient (Wildman–Crippen LogP) is 0.283. The third-order valence-corrected chi connectivity index (χ3v) is 1.41. The van der Waals surface area contributed by atoms with Crippen molar-refractivity contribution in [3.63, 3.8) is 0 Å². The molecule has 11 heavy (non-hydrogen) atoms. The summed E-state index contributed by atoms with van der Waals surface area (Å²) in [6.45, 7) is 4.42. The highest BCUT2D eigenvalue weighted by molar-refractivity contribution is 7.39. The third-order valence-electron chi connectivity index (χ3n) is 0.469. The largest absolute Gasteiger partial charge is 0.786 e. The highest BCUT2D eigenvalue weighted by Gasteiger charge is 1.86. The molecule has 0 aliphatic rings. The summed E-state index contributed by atoms with van der Waals surface area (Å²) in [6, 6.07) is 0. The number of hydrogen-bond donors (Lipinski definition) is 0. The van der Waals surface area contributed by atoms with E-state index >= 15 is 0 Å². The molecule has 0 fully saturated rings. The van der Waals surface area contributed by atoms with E-state index in [9.17, 15) is 4.89 Å². The van der Waals surface area contributed by atoms with Crippen LogP contribution in [0.3, 0.4) is 0 Å². The van der Waals surface area contributed by atoms with Gasteiger partial charge in [-0.25, -0.2) is 5.26 Å². The van der Waals surface area contributed by atoms with E-state index in [0.29, 0.717) is 13.2 Å². The van der Waals surface area contributed by atoms with Crippen molar-refractivity contribution in [3.8, 4) is 5.97 Å². The van der Waals surface area contributed by atoms with Crippen LogP contribution in [-0.4, -0.2) is 21.1 Å². The smallest absolute Gasteiger partial charge is 0.229 e. The molecule has 0 saturated heterocycles. The fourth-order valence-electron chi connectivity index (χ4n) is 0.248. The van der Waals surface area contributed by atoms with Gasteiger partial charge in [0.25, 0.3) is 0 Å². The number of nitrogens with zero attached hydrogens (tertiary/aromatic N) is 1. The molecule has 0 rings (SSSR count). The predicted molar refractivity (Wildman–Crippen MR) is 41.5 cm³/mol. The Morgan fingerprint density at radius 2 is 1.73 bits per heavy atom. The first-order chi connectivity index (χ1) is 5.22. The van der Waals surface area contributed by atoms with Gasteiger partial charge in [-0.05, 0) is 19.8 Å². The second-order valence-corrected chi connectivity index (χ2v) is 2.15. The fraction of sp³-hybridized carbons (Fsp3) is 0.800. The summed E-state index contributed by atoms with van der Waals surface area (Å²) < 4.78 is 9.14. The van der Waals surface area contributed by atoms with Crippen LogP contribution in [0.1, 0.15) is 13.8 Å². The molecule has 0 aromatic heterocycles. The Labute approximate surface area is 69.5 Å². The normalized spacial score (nSPS) is 8.27. The molecule has 0 unspecified atom stereocenters. The highest BCUT2D eigenvalue weighted by atomic mass is 31.2. The molecule has 0 aromatic carbocycles. The first-order valence-electron chi connectivity index (χ1n) is 3.05. The second-order valence-electron chi connectivity index (χ2n) is 1.19. The highest BCUT2D eigenvalue weighted by Crippen LogP contribution is 2.26. The van der Waals surface area contributed by atoms with Gasteiger partial charge < -0.3 is 13.9 Å². The monoisotopic (exact) mass is 174 g/mol. The third kappa shape index (κ3) is 17.7. The van der Waals surface area contributed by atoms with E-state index in [0.717, 1.165) is 0 Å². The number of nitriles is 1. The van der Waals surface area contributed by atoms with Crippen LogP contribution in [0.2, 0.25) is 0 Å².